The molecule has 2 aliphatic heterocycles. The molecule has 0 spiro atoms. The van der Waals surface area contributed by atoms with Gasteiger partial charge >= 0.3 is 5.97 Å². The number of nitrogens with zero attached hydrogens (tertiary/aromatic N) is 3. The number of pyridine rings is 1. The summed E-state index contributed by atoms with van der Waals surface area (Å²) in [7, 11) is 3.25. The first kappa shape index (κ1) is 20.4. The molecule has 28 heavy (non-hydrogen) atoms. The summed E-state index contributed by atoms with van der Waals surface area (Å²) in [5, 5.41) is 0.134. The van der Waals surface area contributed by atoms with E-state index in [4.69, 9.17) is 9.47 Å². The number of halogens is 2. The van der Waals surface area contributed by atoms with E-state index in [0.29, 0.717) is 36.6 Å². The van der Waals surface area contributed by atoms with Crippen molar-refractivity contribution in [3.63, 3.8) is 0 Å². The van der Waals surface area contributed by atoms with E-state index in [0.717, 1.165) is 13.1 Å². The van der Waals surface area contributed by atoms with Crippen LogP contribution in [0.2, 0.25) is 0 Å². The van der Waals surface area contributed by atoms with Crippen molar-refractivity contribution in [1.29, 1.82) is 0 Å². The number of carbonyl (C=O) groups excluding carboxylic acids is 1. The van der Waals surface area contributed by atoms with Crippen molar-refractivity contribution in [2.45, 2.75) is 13.0 Å². The van der Waals surface area contributed by atoms with Crippen molar-refractivity contribution in [3.8, 4) is 5.75 Å². The smallest absolute Gasteiger partial charge is 0.343 e. The van der Waals surface area contributed by atoms with Gasteiger partial charge in [0.2, 0.25) is 5.43 Å². The second-order valence-corrected chi connectivity index (χ2v) is 7.15. The van der Waals surface area contributed by atoms with Crippen molar-refractivity contribution in [2.24, 2.45) is 0 Å². The Morgan fingerprint density at radius 1 is 1.29 bits per heavy atom. The predicted molar refractivity (Wildman–Crippen MR) is 107 cm³/mol. The fourth-order valence-electron chi connectivity index (χ4n) is 3.79. The molecule has 1 unspecified atom stereocenters. The molecule has 0 saturated carbocycles. The molecule has 0 radical (unpaired) electrons. The first-order chi connectivity index (χ1) is 12.9. The van der Waals surface area contributed by atoms with Crippen LogP contribution >= 0.6 is 12.4 Å². The standard InChI is InChI=1S/C19H22FN3O4.ClH/c1-11-10-27-18-15-12(17(24)13(9-23(11)15)19(25)26-3)8-14(20)16(18)22-6-4-21(2)5-7-22;/h8-9,11H,4-7,10H2,1-3H3;1H. The molecule has 0 amide bonds. The molecule has 1 atom stereocenters. The molecule has 7 nitrogen and oxygen atoms in total. The van der Waals surface area contributed by atoms with Crippen LogP contribution in [0.1, 0.15) is 23.3 Å². The molecule has 4 rings (SSSR count). The van der Waals surface area contributed by atoms with Crippen LogP contribution in [0.15, 0.2) is 17.1 Å². The van der Waals surface area contributed by atoms with Crippen molar-refractivity contribution in [1.82, 2.24) is 9.47 Å². The lowest BCUT2D eigenvalue weighted by Crippen LogP contribution is -2.45. The van der Waals surface area contributed by atoms with Crippen LogP contribution in [0.25, 0.3) is 10.9 Å². The van der Waals surface area contributed by atoms with Crippen LogP contribution in [0.3, 0.4) is 0 Å². The van der Waals surface area contributed by atoms with Gasteiger partial charge in [-0.3, -0.25) is 4.79 Å². The Bertz CT molecular complexity index is 986. The summed E-state index contributed by atoms with van der Waals surface area (Å²) in [5.74, 6) is -0.863. The zero-order valence-electron chi connectivity index (χ0n) is 16.0. The fourth-order valence-corrected chi connectivity index (χ4v) is 3.79. The number of rotatable bonds is 2. The van der Waals surface area contributed by atoms with E-state index in [2.05, 4.69) is 4.90 Å². The van der Waals surface area contributed by atoms with Gasteiger partial charge in [-0.15, -0.1) is 12.4 Å². The molecule has 9 heteroatoms. The highest BCUT2D eigenvalue weighted by molar-refractivity contribution is 5.97. The number of ether oxygens (including phenoxy) is 2. The van der Waals surface area contributed by atoms with Gasteiger partial charge in [0.15, 0.2) is 11.6 Å². The third kappa shape index (κ3) is 3.10. The van der Waals surface area contributed by atoms with Gasteiger partial charge in [0.25, 0.3) is 0 Å². The van der Waals surface area contributed by atoms with Crippen LogP contribution in [-0.4, -0.2) is 62.4 Å². The summed E-state index contributed by atoms with van der Waals surface area (Å²) >= 11 is 0. The lowest BCUT2D eigenvalue weighted by Gasteiger charge is -2.37. The molecule has 2 aromatic rings. The van der Waals surface area contributed by atoms with E-state index in [1.54, 1.807) is 0 Å². The average Bonchev–Trinajstić information content (AvgIpc) is 2.66. The van der Waals surface area contributed by atoms with Crippen LogP contribution in [0.5, 0.6) is 5.75 Å². The maximum absolute atomic E-state index is 15.1. The van der Waals surface area contributed by atoms with E-state index in [-0.39, 0.29) is 29.4 Å². The van der Waals surface area contributed by atoms with Crippen LogP contribution in [-0.2, 0) is 4.74 Å². The van der Waals surface area contributed by atoms with E-state index in [1.165, 1.54) is 19.4 Å². The van der Waals surface area contributed by atoms with E-state index >= 15 is 4.39 Å². The molecule has 0 N–H and O–H groups in total. The number of piperazine rings is 1. The summed E-state index contributed by atoms with van der Waals surface area (Å²) in [4.78, 5) is 29.0. The van der Waals surface area contributed by atoms with Gasteiger partial charge in [0, 0.05) is 32.4 Å². The predicted octanol–water partition coefficient (Wildman–Crippen LogP) is 2.05. The topological polar surface area (TPSA) is 64.0 Å². The largest absolute Gasteiger partial charge is 0.487 e. The molecule has 0 aliphatic carbocycles. The summed E-state index contributed by atoms with van der Waals surface area (Å²) in [6.45, 7) is 5.25. The van der Waals surface area contributed by atoms with E-state index in [1.807, 2.05) is 23.4 Å². The first-order valence-electron chi connectivity index (χ1n) is 8.98. The van der Waals surface area contributed by atoms with Gasteiger partial charge in [-0.2, -0.15) is 0 Å². The van der Waals surface area contributed by atoms with Crippen molar-refractivity contribution in [3.05, 3.63) is 33.9 Å². The maximum atomic E-state index is 15.1. The monoisotopic (exact) mass is 411 g/mol. The highest BCUT2D eigenvalue weighted by Gasteiger charge is 2.31. The number of carbonyl (C=O) groups is 1. The zero-order valence-corrected chi connectivity index (χ0v) is 16.8. The number of esters is 1. The third-order valence-electron chi connectivity index (χ3n) is 5.37. The zero-order chi connectivity index (χ0) is 19.3. The van der Waals surface area contributed by atoms with Crippen LogP contribution in [0, 0.1) is 5.82 Å². The Hall–Kier alpha value is -2.32. The van der Waals surface area contributed by atoms with Gasteiger partial charge in [-0.05, 0) is 20.0 Å². The summed E-state index contributed by atoms with van der Waals surface area (Å²) in [6.07, 6.45) is 1.50. The SMILES string of the molecule is COC(=O)c1cn2c3c(c(N4CCN(C)CC4)c(F)cc3c1=O)OCC2C.Cl. The Morgan fingerprint density at radius 2 is 1.96 bits per heavy atom. The molecule has 0 bridgehead atoms. The first-order valence-corrected chi connectivity index (χ1v) is 8.98. The van der Waals surface area contributed by atoms with Crippen LogP contribution < -0.4 is 15.1 Å². The number of likely N-dealkylation sites (N-methyl/N-ethyl adjacent to an activating group) is 1. The minimum Gasteiger partial charge on any atom is -0.487 e. The second kappa shape index (κ2) is 7.60. The lowest BCUT2D eigenvalue weighted by atomic mass is 10.1. The Kier molecular flexibility index (Phi) is 5.54. The molecule has 152 valence electrons. The molecular weight excluding hydrogens is 389 g/mol. The molecule has 3 heterocycles. The Morgan fingerprint density at radius 3 is 2.61 bits per heavy atom. The van der Waals surface area contributed by atoms with Gasteiger partial charge in [0.05, 0.1) is 24.1 Å². The second-order valence-electron chi connectivity index (χ2n) is 7.15. The molecular formula is C19H23ClFN3O4. The van der Waals surface area contributed by atoms with E-state index in [9.17, 15) is 9.59 Å². The number of hydrogen-bond acceptors (Lipinski definition) is 6. The highest BCUT2D eigenvalue weighted by atomic mass is 35.5. The number of aromatic nitrogens is 1. The number of hydrogen-bond donors (Lipinski definition) is 0. The third-order valence-corrected chi connectivity index (χ3v) is 5.37. The quantitative estimate of drug-likeness (QED) is 0.705. The number of methoxy groups -OCH3 is 1. The molecule has 1 saturated heterocycles. The minimum atomic E-state index is -0.727. The van der Waals surface area contributed by atoms with E-state index < -0.39 is 17.2 Å². The van der Waals surface area contributed by atoms with Gasteiger partial charge in [-0.25, -0.2) is 9.18 Å². The minimum absolute atomic E-state index is 0. The van der Waals surface area contributed by atoms with Crippen molar-refractivity contribution in [2.75, 3.05) is 51.8 Å². The Labute approximate surface area is 168 Å². The molecule has 1 aromatic carbocycles. The fraction of sp³-hybridized carbons (Fsp3) is 0.474. The maximum Gasteiger partial charge on any atom is 0.343 e. The summed E-state index contributed by atoms with van der Waals surface area (Å²) < 4.78 is 27.5. The van der Waals surface area contributed by atoms with Crippen molar-refractivity contribution >= 4 is 35.0 Å². The average molecular weight is 412 g/mol. The Balaban J connectivity index is 0.00000225. The van der Waals surface area contributed by atoms with Gasteiger partial charge < -0.3 is 23.8 Å². The van der Waals surface area contributed by atoms with Crippen LogP contribution in [0.4, 0.5) is 10.1 Å². The molecule has 1 fully saturated rings. The lowest BCUT2D eigenvalue weighted by molar-refractivity contribution is 0.0598. The summed E-state index contributed by atoms with van der Waals surface area (Å²) in [5.41, 5.74) is 0.274. The number of anilines is 1. The normalized spacial score (nSPS) is 19.1. The highest BCUT2D eigenvalue weighted by Crippen LogP contribution is 2.42. The molecule has 2 aliphatic rings. The van der Waals surface area contributed by atoms with Crippen molar-refractivity contribution < 1.29 is 18.7 Å². The van der Waals surface area contributed by atoms with Gasteiger partial charge in [0.1, 0.15) is 17.9 Å². The number of benzene rings is 1. The molecule has 1 aromatic heterocycles. The van der Waals surface area contributed by atoms with Gasteiger partial charge in [-0.1, -0.05) is 0 Å². The summed E-state index contributed by atoms with van der Waals surface area (Å²) in [6, 6.07) is 1.12.